The van der Waals surface area contributed by atoms with Crippen LogP contribution in [0.1, 0.15) is 10.4 Å². The summed E-state index contributed by atoms with van der Waals surface area (Å²) in [5, 5.41) is 18.4. The van der Waals surface area contributed by atoms with E-state index in [0.717, 1.165) is 0 Å². The highest BCUT2D eigenvalue weighted by atomic mass is 35.5. The molecule has 8 heteroatoms. The average Bonchev–Trinajstić information content (AvgIpc) is 3.16. The van der Waals surface area contributed by atoms with Crippen LogP contribution in [-0.2, 0) is 0 Å². The number of aromatic hydroxyl groups is 1. The van der Waals surface area contributed by atoms with E-state index in [1.54, 1.807) is 36.4 Å². The fourth-order valence-electron chi connectivity index (χ4n) is 2.42. The number of aromatic nitrogens is 2. The molecule has 0 radical (unpaired) electrons. The summed E-state index contributed by atoms with van der Waals surface area (Å²) < 4.78 is 5.12. The molecule has 0 unspecified atom stereocenters. The summed E-state index contributed by atoms with van der Waals surface area (Å²) in [6.45, 7) is 0. The second-order valence-electron chi connectivity index (χ2n) is 5.02. The Labute approximate surface area is 139 Å². The summed E-state index contributed by atoms with van der Waals surface area (Å²) in [7, 11) is 0. The fourth-order valence-corrected chi connectivity index (χ4v) is 2.68. The number of rotatable bonds is 2. The van der Waals surface area contributed by atoms with Crippen LogP contribution >= 0.6 is 11.6 Å². The molecule has 118 valence electrons. The smallest absolute Gasteiger partial charge is 0.295 e. The molecule has 0 aliphatic carbocycles. The topological polar surface area (TPSA) is 104 Å². The highest BCUT2D eigenvalue weighted by Gasteiger charge is 2.14. The number of oxazole rings is 1. The van der Waals surface area contributed by atoms with Gasteiger partial charge in [0.1, 0.15) is 5.52 Å². The summed E-state index contributed by atoms with van der Waals surface area (Å²) in [6, 6.07) is 9.89. The molecule has 1 amide bonds. The molecule has 2 N–H and O–H groups in total. The van der Waals surface area contributed by atoms with Gasteiger partial charge in [0.05, 0.1) is 10.5 Å². The zero-order valence-corrected chi connectivity index (χ0v) is 12.8. The van der Waals surface area contributed by atoms with Crippen LogP contribution < -0.4 is 0 Å². The van der Waals surface area contributed by atoms with Crippen molar-refractivity contribution in [3.8, 4) is 5.88 Å². The maximum atomic E-state index is 12.2. The quantitative estimate of drug-likeness (QED) is 0.520. The van der Waals surface area contributed by atoms with Crippen LogP contribution in [0.4, 0.5) is 5.69 Å². The summed E-state index contributed by atoms with van der Waals surface area (Å²) in [5.41, 5.74) is 2.15. The van der Waals surface area contributed by atoms with Gasteiger partial charge in [-0.15, -0.1) is 10.2 Å². The van der Waals surface area contributed by atoms with Gasteiger partial charge < -0.3 is 14.5 Å². The standard InChI is InChI=1S/C16H9ClN4O3/c17-9-2-1-3-10-13(9)14(16(23)19-10)20-21-15(22)8-4-5-12-11(6-8)18-7-24-12/h1-7,19,23H. The number of carbonyl (C=O) groups is 1. The largest absolute Gasteiger partial charge is 0.493 e. The van der Waals surface area contributed by atoms with Gasteiger partial charge in [0.2, 0.25) is 5.88 Å². The molecule has 7 nitrogen and oxygen atoms in total. The van der Waals surface area contributed by atoms with Crippen LogP contribution in [0.25, 0.3) is 22.0 Å². The van der Waals surface area contributed by atoms with E-state index >= 15 is 0 Å². The van der Waals surface area contributed by atoms with E-state index < -0.39 is 5.91 Å². The van der Waals surface area contributed by atoms with E-state index in [2.05, 4.69) is 20.2 Å². The van der Waals surface area contributed by atoms with E-state index in [-0.39, 0.29) is 11.6 Å². The third-order valence-corrected chi connectivity index (χ3v) is 3.86. The van der Waals surface area contributed by atoms with Gasteiger partial charge >= 0.3 is 0 Å². The minimum atomic E-state index is -0.569. The monoisotopic (exact) mass is 340 g/mol. The molecule has 0 bridgehead atoms. The number of aromatic amines is 1. The fraction of sp³-hybridized carbons (Fsp3) is 0. The maximum Gasteiger partial charge on any atom is 0.295 e. The molecule has 0 aliphatic heterocycles. The molecule has 2 aromatic heterocycles. The van der Waals surface area contributed by atoms with Gasteiger partial charge in [0, 0.05) is 10.9 Å². The molecule has 24 heavy (non-hydrogen) atoms. The number of azo groups is 1. The third-order valence-electron chi connectivity index (χ3n) is 3.55. The molecule has 2 heterocycles. The molecule has 0 spiro atoms. The molecule has 0 saturated heterocycles. The van der Waals surface area contributed by atoms with Crippen LogP contribution in [0.15, 0.2) is 57.4 Å². The van der Waals surface area contributed by atoms with Crippen LogP contribution in [0.2, 0.25) is 5.02 Å². The number of benzene rings is 2. The van der Waals surface area contributed by atoms with Gasteiger partial charge in [-0.05, 0) is 30.3 Å². The lowest BCUT2D eigenvalue weighted by atomic mass is 10.2. The number of nitrogens with one attached hydrogen (secondary N) is 1. The van der Waals surface area contributed by atoms with Crippen LogP contribution in [0.5, 0.6) is 5.88 Å². The molecule has 0 fully saturated rings. The Bertz CT molecular complexity index is 1110. The number of hydrogen-bond acceptors (Lipinski definition) is 5. The number of amides is 1. The number of halogens is 1. The predicted octanol–water partition coefficient (Wildman–Crippen LogP) is 4.59. The zero-order chi connectivity index (χ0) is 16.7. The van der Waals surface area contributed by atoms with Gasteiger partial charge in [-0.1, -0.05) is 17.7 Å². The molecule has 4 rings (SSSR count). The Morgan fingerprint density at radius 3 is 3.04 bits per heavy atom. The van der Waals surface area contributed by atoms with Gasteiger partial charge in [-0.25, -0.2) is 4.98 Å². The van der Waals surface area contributed by atoms with E-state index in [1.165, 1.54) is 6.39 Å². The Morgan fingerprint density at radius 1 is 1.29 bits per heavy atom. The van der Waals surface area contributed by atoms with Crippen LogP contribution in [0.3, 0.4) is 0 Å². The summed E-state index contributed by atoms with van der Waals surface area (Å²) in [6.07, 6.45) is 1.30. The van der Waals surface area contributed by atoms with Crippen molar-refractivity contribution in [3.63, 3.8) is 0 Å². The molecule has 4 aromatic rings. The van der Waals surface area contributed by atoms with Crippen molar-refractivity contribution in [1.29, 1.82) is 0 Å². The second kappa shape index (κ2) is 5.47. The lowest BCUT2D eigenvalue weighted by Gasteiger charge is -1.96. The molecule has 0 aliphatic rings. The van der Waals surface area contributed by atoms with E-state index in [4.69, 9.17) is 16.0 Å². The first-order valence-electron chi connectivity index (χ1n) is 6.92. The minimum absolute atomic E-state index is 0.117. The van der Waals surface area contributed by atoms with Crippen LogP contribution in [-0.4, -0.2) is 21.0 Å². The van der Waals surface area contributed by atoms with Gasteiger partial charge in [0.25, 0.3) is 5.91 Å². The minimum Gasteiger partial charge on any atom is -0.493 e. The highest BCUT2D eigenvalue weighted by molar-refractivity contribution is 6.36. The lowest BCUT2D eigenvalue weighted by molar-refractivity contribution is 0.0995. The molecular weight excluding hydrogens is 332 g/mol. The van der Waals surface area contributed by atoms with Crippen LogP contribution in [0, 0.1) is 0 Å². The van der Waals surface area contributed by atoms with Gasteiger partial charge in [0.15, 0.2) is 17.7 Å². The summed E-state index contributed by atoms with van der Waals surface area (Å²) >= 11 is 6.12. The number of nitrogens with zero attached hydrogens (tertiary/aromatic N) is 3. The number of fused-ring (bicyclic) bond motifs is 2. The first-order chi connectivity index (χ1) is 11.6. The number of H-pyrrole nitrogens is 1. The molecular formula is C16H9ClN4O3. The second-order valence-corrected chi connectivity index (χ2v) is 5.43. The van der Waals surface area contributed by atoms with E-state index in [0.29, 0.717) is 32.6 Å². The Morgan fingerprint density at radius 2 is 2.17 bits per heavy atom. The first kappa shape index (κ1) is 14.4. The van der Waals surface area contributed by atoms with Crippen molar-refractivity contribution >= 4 is 45.2 Å². The zero-order valence-electron chi connectivity index (χ0n) is 12.0. The normalized spacial score (nSPS) is 11.7. The molecule has 0 atom stereocenters. The highest BCUT2D eigenvalue weighted by Crippen LogP contribution is 2.39. The third kappa shape index (κ3) is 2.31. The Balaban J connectivity index is 1.72. The SMILES string of the molecule is O=C(N=Nc1c(O)[nH]c2cccc(Cl)c12)c1ccc2ocnc2c1. The Hall–Kier alpha value is -3.19. The van der Waals surface area contributed by atoms with E-state index in [9.17, 15) is 9.90 Å². The summed E-state index contributed by atoms with van der Waals surface area (Å²) in [5.74, 6) is -0.776. The Kier molecular flexibility index (Phi) is 3.28. The lowest BCUT2D eigenvalue weighted by Crippen LogP contribution is -1.93. The van der Waals surface area contributed by atoms with Crippen molar-refractivity contribution in [2.24, 2.45) is 10.2 Å². The van der Waals surface area contributed by atoms with Crippen molar-refractivity contribution < 1.29 is 14.3 Å². The maximum absolute atomic E-state index is 12.2. The van der Waals surface area contributed by atoms with Crippen molar-refractivity contribution in [3.05, 3.63) is 53.4 Å². The van der Waals surface area contributed by atoms with Gasteiger partial charge in [-0.2, -0.15) is 0 Å². The van der Waals surface area contributed by atoms with Crippen molar-refractivity contribution in [2.75, 3.05) is 0 Å². The summed E-state index contributed by atoms with van der Waals surface area (Å²) in [4.78, 5) is 18.9. The first-order valence-corrected chi connectivity index (χ1v) is 7.30. The number of carbonyl (C=O) groups excluding carboxylic acids is 1. The van der Waals surface area contributed by atoms with Crippen molar-refractivity contribution in [1.82, 2.24) is 9.97 Å². The molecule has 2 aromatic carbocycles. The van der Waals surface area contributed by atoms with E-state index in [1.807, 2.05) is 0 Å². The predicted molar refractivity (Wildman–Crippen MR) is 87.8 cm³/mol. The van der Waals surface area contributed by atoms with Gasteiger partial charge in [-0.3, -0.25) is 4.79 Å². The average molecular weight is 341 g/mol. The number of hydrogen-bond donors (Lipinski definition) is 2. The molecule has 0 saturated carbocycles. The van der Waals surface area contributed by atoms with Crippen molar-refractivity contribution in [2.45, 2.75) is 0 Å².